The van der Waals surface area contributed by atoms with E-state index in [2.05, 4.69) is 27.8 Å². The Morgan fingerprint density at radius 1 is 0.565 bits per heavy atom. The third-order valence-electron chi connectivity index (χ3n) is 1.53. The van der Waals surface area contributed by atoms with Gasteiger partial charge in [0.1, 0.15) is 0 Å². The number of hydrogen-bond acceptors (Lipinski definition) is 10. The SMILES string of the molecule is COC(C)=O.COC(C)=O.COC(C)=O.COP(=O)(OC)OC. The van der Waals surface area contributed by atoms with Crippen LogP contribution in [0.3, 0.4) is 0 Å². The normalized spacial score (nSPS) is 8.57. The zero-order valence-electron chi connectivity index (χ0n) is 15.0. The van der Waals surface area contributed by atoms with Crippen molar-refractivity contribution in [3.63, 3.8) is 0 Å². The number of hydrogen-bond donors (Lipinski definition) is 0. The molecule has 0 rings (SSSR count). The summed E-state index contributed by atoms with van der Waals surface area (Å²) >= 11 is 0. The number of methoxy groups -OCH3 is 3. The molecule has 0 radical (unpaired) electrons. The molecule has 23 heavy (non-hydrogen) atoms. The van der Waals surface area contributed by atoms with Gasteiger partial charge in [-0.25, -0.2) is 4.57 Å². The summed E-state index contributed by atoms with van der Waals surface area (Å²) in [6.07, 6.45) is 0. The fourth-order valence-electron chi connectivity index (χ4n) is 0.224. The molecular weight excluding hydrogens is 335 g/mol. The third kappa shape index (κ3) is 38.5. The monoisotopic (exact) mass is 362 g/mol. The molecule has 0 aromatic carbocycles. The Kier molecular flexibility index (Phi) is 26.3. The van der Waals surface area contributed by atoms with Gasteiger partial charge in [-0.05, 0) is 0 Å². The van der Waals surface area contributed by atoms with Crippen LogP contribution in [-0.4, -0.2) is 60.6 Å². The summed E-state index contributed by atoms with van der Waals surface area (Å²) in [4.78, 5) is 28.8. The molecule has 0 amide bonds. The van der Waals surface area contributed by atoms with E-state index in [0.29, 0.717) is 0 Å². The summed E-state index contributed by atoms with van der Waals surface area (Å²) in [6.45, 7) is 4.08. The molecule has 0 saturated carbocycles. The van der Waals surface area contributed by atoms with Gasteiger partial charge in [-0.3, -0.25) is 28.0 Å². The van der Waals surface area contributed by atoms with Gasteiger partial charge in [-0.2, -0.15) is 0 Å². The lowest BCUT2D eigenvalue weighted by Crippen LogP contribution is -1.88. The van der Waals surface area contributed by atoms with Crippen molar-refractivity contribution in [3.05, 3.63) is 0 Å². The number of ether oxygens (including phenoxy) is 3. The van der Waals surface area contributed by atoms with Crippen LogP contribution in [0.5, 0.6) is 0 Å². The van der Waals surface area contributed by atoms with E-state index in [1.807, 2.05) is 0 Å². The number of carbonyl (C=O) groups is 3. The van der Waals surface area contributed by atoms with Crippen LogP contribution in [0.1, 0.15) is 20.8 Å². The molecule has 0 atom stereocenters. The summed E-state index contributed by atoms with van der Waals surface area (Å²) < 4.78 is 36.0. The molecular formula is C12H27O10P. The molecule has 140 valence electrons. The molecule has 0 aromatic heterocycles. The first-order chi connectivity index (χ1) is 10.5. The van der Waals surface area contributed by atoms with E-state index in [1.165, 1.54) is 63.4 Å². The number of phosphoric acid groups is 1. The molecule has 0 spiro atoms. The van der Waals surface area contributed by atoms with E-state index in [1.54, 1.807) is 0 Å². The van der Waals surface area contributed by atoms with Gasteiger partial charge in [-0.1, -0.05) is 0 Å². The highest BCUT2D eigenvalue weighted by Crippen LogP contribution is 2.46. The van der Waals surface area contributed by atoms with Crippen molar-refractivity contribution in [1.82, 2.24) is 0 Å². The first-order valence-corrected chi connectivity index (χ1v) is 7.37. The molecule has 0 N–H and O–H groups in total. The first kappa shape index (κ1) is 29.5. The summed E-state index contributed by atoms with van der Waals surface area (Å²) in [7, 11) is 4.66. The first-order valence-electron chi connectivity index (χ1n) is 5.90. The highest BCUT2D eigenvalue weighted by atomic mass is 31.2. The van der Waals surface area contributed by atoms with Crippen molar-refractivity contribution in [2.45, 2.75) is 20.8 Å². The van der Waals surface area contributed by atoms with Crippen LogP contribution in [0.15, 0.2) is 0 Å². The Morgan fingerprint density at radius 3 is 0.696 bits per heavy atom. The quantitative estimate of drug-likeness (QED) is 0.415. The largest absolute Gasteiger partial charge is 0.473 e. The summed E-state index contributed by atoms with van der Waals surface area (Å²) in [5.41, 5.74) is 0. The van der Waals surface area contributed by atoms with Crippen LogP contribution in [0.2, 0.25) is 0 Å². The maximum absolute atomic E-state index is 10.7. The van der Waals surface area contributed by atoms with Crippen LogP contribution >= 0.6 is 7.82 Å². The smallest absolute Gasteiger partial charge is 0.469 e. The van der Waals surface area contributed by atoms with E-state index in [-0.39, 0.29) is 17.9 Å². The molecule has 0 aliphatic heterocycles. The fraction of sp³-hybridized carbons (Fsp3) is 0.750. The Hall–Kier alpha value is -1.48. The summed E-state index contributed by atoms with van der Waals surface area (Å²) in [5.74, 6) is -0.736. The Bertz CT molecular complexity index is 303. The van der Waals surface area contributed by atoms with Crippen LogP contribution in [0, 0.1) is 0 Å². The van der Waals surface area contributed by atoms with Gasteiger partial charge in [0.2, 0.25) is 0 Å². The molecule has 0 heterocycles. The van der Waals surface area contributed by atoms with Gasteiger partial charge in [-0.15, -0.1) is 0 Å². The zero-order valence-corrected chi connectivity index (χ0v) is 15.9. The van der Waals surface area contributed by atoms with Gasteiger partial charge in [0.25, 0.3) is 0 Å². The molecule has 0 unspecified atom stereocenters. The lowest BCUT2D eigenvalue weighted by atomic mass is 10.8. The topological polar surface area (TPSA) is 124 Å². The number of carbonyl (C=O) groups excluding carboxylic acids is 3. The van der Waals surface area contributed by atoms with E-state index >= 15 is 0 Å². The van der Waals surface area contributed by atoms with Gasteiger partial charge < -0.3 is 14.2 Å². The molecule has 0 saturated heterocycles. The van der Waals surface area contributed by atoms with Gasteiger partial charge in [0.05, 0.1) is 21.3 Å². The summed E-state index contributed by atoms with van der Waals surface area (Å²) in [5, 5.41) is 0. The lowest BCUT2D eigenvalue weighted by molar-refractivity contribution is -0.138. The molecule has 0 fully saturated rings. The van der Waals surface area contributed by atoms with Crippen molar-refractivity contribution in [2.24, 2.45) is 0 Å². The highest BCUT2D eigenvalue weighted by molar-refractivity contribution is 7.48. The summed E-state index contributed by atoms with van der Waals surface area (Å²) in [6, 6.07) is 0. The molecule has 10 nitrogen and oxygen atoms in total. The van der Waals surface area contributed by atoms with Gasteiger partial charge in [0.15, 0.2) is 0 Å². The van der Waals surface area contributed by atoms with Crippen molar-refractivity contribution >= 4 is 25.7 Å². The van der Waals surface area contributed by atoms with Crippen molar-refractivity contribution in [2.75, 3.05) is 42.7 Å². The molecule has 0 aromatic rings. The average molecular weight is 362 g/mol. The minimum Gasteiger partial charge on any atom is -0.469 e. The van der Waals surface area contributed by atoms with Crippen molar-refractivity contribution in [1.29, 1.82) is 0 Å². The number of phosphoric ester groups is 1. The van der Waals surface area contributed by atoms with Gasteiger partial charge in [0, 0.05) is 42.1 Å². The number of esters is 3. The molecule has 0 aliphatic rings. The predicted octanol–water partition coefficient (Wildman–Crippen LogP) is 1.57. The fourth-order valence-corrected chi connectivity index (χ4v) is 0.671. The van der Waals surface area contributed by atoms with E-state index in [9.17, 15) is 18.9 Å². The standard InChI is InChI=1S/C3H9O4P.3C3H6O2/c1-5-8(4,6-2)7-3;3*1-3(4)5-2/h1-3H3;3*1-2H3. The third-order valence-corrected chi connectivity index (χ3v) is 2.87. The minimum absolute atomic E-state index is 0.245. The van der Waals surface area contributed by atoms with E-state index in [4.69, 9.17) is 0 Å². The highest BCUT2D eigenvalue weighted by Gasteiger charge is 2.18. The van der Waals surface area contributed by atoms with Crippen molar-refractivity contribution in [3.8, 4) is 0 Å². The second-order valence-electron chi connectivity index (χ2n) is 3.08. The van der Waals surface area contributed by atoms with Crippen LogP contribution < -0.4 is 0 Å². The van der Waals surface area contributed by atoms with Crippen LogP contribution in [0.4, 0.5) is 0 Å². The van der Waals surface area contributed by atoms with E-state index < -0.39 is 7.82 Å². The molecule has 11 heteroatoms. The average Bonchev–Trinajstić information content (AvgIpc) is 2.55. The Labute approximate surface area is 136 Å². The van der Waals surface area contributed by atoms with Crippen LogP contribution in [-0.2, 0) is 46.7 Å². The second kappa shape index (κ2) is 20.5. The van der Waals surface area contributed by atoms with Crippen molar-refractivity contribution < 1.29 is 46.7 Å². The predicted molar refractivity (Wildman–Crippen MR) is 81.7 cm³/mol. The second-order valence-corrected chi connectivity index (χ2v) is 5.07. The minimum atomic E-state index is -3.16. The maximum atomic E-state index is 10.7. The maximum Gasteiger partial charge on any atom is 0.473 e. The molecule has 0 bridgehead atoms. The van der Waals surface area contributed by atoms with Crippen LogP contribution in [0.25, 0.3) is 0 Å². The number of rotatable bonds is 3. The molecule has 0 aliphatic carbocycles. The van der Waals surface area contributed by atoms with Gasteiger partial charge >= 0.3 is 25.7 Å². The van der Waals surface area contributed by atoms with E-state index in [0.717, 1.165) is 0 Å². The Balaban J connectivity index is -0.000000108. The lowest BCUT2D eigenvalue weighted by Gasteiger charge is -2.08. The Morgan fingerprint density at radius 2 is 0.696 bits per heavy atom. The zero-order chi connectivity index (χ0) is 19.5.